The van der Waals surface area contributed by atoms with Gasteiger partial charge < -0.3 is 35.0 Å². The van der Waals surface area contributed by atoms with E-state index in [0.717, 1.165) is 11.1 Å². The second-order valence-corrected chi connectivity index (χ2v) is 11.3. The second-order valence-electron chi connectivity index (χ2n) is 11.3. The van der Waals surface area contributed by atoms with Gasteiger partial charge in [-0.2, -0.15) is 15.0 Å². The van der Waals surface area contributed by atoms with Crippen molar-refractivity contribution in [1.29, 1.82) is 0 Å². The van der Waals surface area contributed by atoms with Crippen LogP contribution in [-0.4, -0.2) is 83.3 Å². The summed E-state index contributed by atoms with van der Waals surface area (Å²) < 4.78 is 11.3. The van der Waals surface area contributed by atoms with E-state index in [1.807, 2.05) is 48.5 Å². The second kappa shape index (κ2) is 12.4. The minimum atomic E-state index is -0.787. The van der Waals surface area contributed by atoms with Gasteiger partial charge in [0.15, 0.2) is 5.82 Å². The average molecular weight is 562 g/mol. The standard InChI is InChI=1S/C30H39N7O4/c1-20-18-40-15-13-36(20)27-33-26(34-28(35-27)37-14-16-41-19-21(37)2)23-7-11-25(12-8-23)32-29(38)31-24-9-5-22(6-10-24)17-30(3,4)39/h5-12,20-21,39H,13-19H2,1-4H3,(H2,31,32,38). The number of morpholine rings is 2. The smallest absolute Gasteiger partial charge is 0.323 e. The lowest BCUT2D eigenvalue weighted by Crippen LogP contribution is -2.46. The number of amides is 2. The zero-order chi connectivity index (χ0) is 29.0. The Morgan fingerprint density at radius 3 is 1.80 bits per heavy atom. The maximum absolute atomic E-state index is 12.6. The van der Waals surface area contributed by atoms with E-state index in [4.69, 9.17) is 24.4 Å². The van der Waals surface area contributed by atoms with Gasteiger partial charge in [-0.05, 0) is 69.7 Å². The lowest BCUT2D eigenvalue weighted by atomic mass is 9.99. The molecule has 11 heteroatoms. The number of urea groups is 1. The van der Waals surface area contributed by atoms with Gasteiger partial charge in [0.2, 0.25) is 11.9 Å². The summed E-state index contributed by atoms with van der Waals surface area (Å²) in [6.07, 6.45) is 0.535. The molecule has 0 radical (unpaired) electrons. The van der Waals surface area contributed by atoms with Crippen molar-refractivity contribution in [3.63, 3.8) is 0 Å². The normalized spacial score (nSPS) is 19.6. The SMILES string of the molecule is CC1COCCN1c1nc(-c2ccc(NC(=O)Nc3ccc(CC(C)(C)O)cc3)cc2)nc(N2CCOCC2C)n1. The first-order chi connectivity index (χ1) is 19.6. The summed E-state index contributed by atoms with van der Waals surface area (Å²) in [7, 11) is 0. The van der Waals surface area contributed by atoms with Crippen LogP contribution in [0.4, 0.5) is 28.1 Å². The predicted octanol–water partition coefficient (Wildman–Crippen LogP) is 3.95. The Morgan fingerprint density at radius 2 is 1.34 bits per heavy atom. The van der Waals surface area contributed by atoms with E-state index in [-0.39, 0.29) is 18.1 Å². The highest BCUT2D eigenvalue weighted by atomic mass is 16.5. The van der Waals surface area contributed by atoms with E-state index in [1.54, 1.807) is 13.8 Å². The molecule has 2 fully saturated rings. The van der Waals surface area contributed by atoms with Crippen LogP contribution >= 0.6 is 0 Å². The highest BCUT2D eigenvalue weighted by Crippen LogP contribution is 2.26. The fraction of sp³-hybridized carbons (Fsp3) is 0.467. The van der Waals surface area contributed by atoms with Crippen LogP contribution in [0.2, 0.25) is 0 Å². The number of carbonyl (C=O) groups excluding carboxylic acids is 1. The number of nitrogens with one attached hydrogen (secondary N) is 2. The number of carbonyl (C=O) groups is 1. The molecule has 1 aromatic heterocycles. The molecule has 2 saturated heterocycles. The molecule has 0 aliphatic carbocycles. The van der Waals surface area contributed by atoms with Gasteiger partial charge in [0.05, 0.1) is 44.1 Å². The number of ether oxygens (including phenoxy) is 2. The maximum atomic E-state index is 12.6. The van der Waals surface area contributed by atoms with Gasteiger partial charge in [0, 0.05) is 36.4 Å². The van der Waals surface area contributed by atoms with E-state index in [2.05, 4.69) is 34.3 Å². The minimum Gasteiger partial charge on any atom is -0.390 e. The monoisotopic (exact) mass is 561 g/mol. The largest absolute Gasteiger partial charge is 0.390 e. The van der Waals surface area contributed by atoms with E-state index in [1.165, 1.54) is 0 Å². The molecule has 2 aromatic carbocycles. The van der Waals surface area contributed by atoms with E-state index < -0.39 is 5.60 Å². The molecule has 5 rings (SSSR count). The van der Waals surface area contributed by atoms with E-state index in [0.29, 0.717) is 75.0 Å². The third kappa shape index (κ3) is 7.49. The van der Waals surface area contributed by atoms with Gasteiger partial charge in [-0.25, -0.2) is 4.79 Å². The van der Waals surface area contributed by atoms with Crippen molar-refractivity contribution < 1.29 is 19.4 Å². The van der Waals surface area contributed by atoms with Gasteiger partial charge >= 0.3 is 6.03 Å². The third-order valence-electron chi connectivity index (χ3n) is 7.11. The maximum Gasteiger partial charge on any atom is 0.323 e. The van der Waals surface area contributed by atoms with Crippen LogP contribution in [0.3, 0.4) is 0 Å². The van der Waals surface area contributed by atoms with Crippen molar-refractivity contribution in [3.8, 4) is 11.4 Å². The number of rotatable bonds is 7. The Labute approximate surface area is 240 Å². The first-order valence-corrected chi connectivity index (χ1v) is 14.1. The van der Waals surface area contributed by atoms with Crippen LogP contribution in [0.25, 0.3) is 11.4 Å². The number of aromatic nitrogens is 3. The van der Waals surface area contributed by atoms with Crippen LogP contribution in [0.1, 0.15) is 33.3 Å². The highest BCUT2D eigenvalue weighted by Gasteiger charge is 2.27. The number of benzene rings is 2. The third-order valence-corrected chi connectivity index (χ3v) is 7.11. The Bertz CT molecular complexity index is 1290. The number of hydrogen-bond acceptors (Lipinski definition) is 9. The van der Waals surface area contributed by atoms with E-state index >= 15 is 0 Å². The summed E-state index contributed by atoms with van der Waals surface area (Å²) in [5, 5.41) is 15.7. The summed E-state index contributed by atoms with van der Waals surface area (Å²) >= 11 is 0. The molecular weight excluding hydrogens is 522 g/mol. The van der Waals surface area contributed by atoms with Crippen LogP contribution < -0.4 is 20.4 Å². The number of hydrogen-bond donors (Lipinski definition) is 3. The van der Waals surface area contributed by atoms with Crippen molar-refractivity contribution in [2.75, 3.05) is 60.0 Å². The Kier molecular flexibility index (Phi) is 8.67. The first-order valence-electron chi connectivity index (χ1n) is 14.1. The van der Waals surface area contributed by atoms with Crippen molar-refractivity contribution >= 4 is 29.3 Å². The minimum absolute atomic E-state index is 0.150. The number of nitrogens with zero attached hydrogens (tertiary/aromatic N) is 5. The molecule has 0 saturated carbocycles. The zero-order valence-electron chi connectivity index (χ0n) is 24.1. The van der Waals surface area contributed by atoms with Crippen LogP contribution in [-0.2, 0) is 15.9 Å². The fourth-order valence-electron chi connectivity index (χ4n) is 4.99. The number of aliphatic hydroxyl groups is 1. The van der Waals surface area contributed by atoms with Crippen LogP contribution in [0.15, 0.2) is 48.5 Å². The van der Waals surface area contributed by atoms with Crippen molar-refractivity contribution in [3.05, 3.63) is 54.1 Å². The molecule has 2 atom stereocenters. The summed E-state index contributed by atoms with van der Waals surface area (Å²) in [6, 6.07) is 14.9. The van der Waals surface area contributed by atoms with Gasteiger partial charge in [0.25, 0.3) is 0 Å². The van der Waals surface area contributed by atoms with Crippen molar-refractivity contribution in [2.24, 2.45) is 0 Å². The Hall–Kier alpha value is -3.80. The molecule has 2 aliphatic heterocycles. The lowest BCUT2D eigenvalue weighted by molar-refractivity contribution is 0.0810. The van der Waals surface area contributed by atoms with Crippen molar-refractivity contribution in [1.82, 2.24) is 15.0 Å². The summed E-state index contributed by atoms with van der Waals surface area (Å²) in [5.41, 5.74) is 2.34. The molecule has 2 amide bonds. The Balaban J connectivity index is 1.31. The molecule has 11 nitrogen and oxygen atoms in total. The van der Waals surface area contributed by atoms with Gasteiger partial charge in [0.1, 0.15) is 0 Å². The lowest BCUT2D eigenvalue weighted by Gasteiger charge is -2.36. The molecule has 2 aliphatic rings. The molecule has 0 spiro atoms. The fourth-order valence-corrected chi connectivity index (χ4v) is 4.99. The van der Waals surface area contributed by atoms with Crippen molar-refractivity contribution in [2.45, 2.75) is 51.8 Å². The zero-order valence-corrected chi connectivity index (χ0v) is 24.1. The summed E-state index contributed by atoms with van der Waals surface area (Å²) in [4.78, 5) is 31.5. The van der Waals surface area contributed by atoms with Crippen LogP contribution in [0, 0.1) is 0 Å². The molecule has 3 aromatic rings. The molecule has 0 bridgehead atoms. The highest BCUT2D eigenvalue weighted by molar-refractivity contribution is 5.99. The predicted molar refractivity (Wildman–Crippen MR) is 160 cm³/mol. The van der Waals surface area contributed by atoms with Gasteiger partial charge in [-0.1, -0.05) is 12.1 Å². The molecule has 3 N–H and O–H groups in total. The summed E-state index contributed by atoms with van der Waals surface area (Å²) in [5.74, 6) is 1.84. The molecule has 3 heterocycles. The van der Waals surface area contributed by atoms with Gasteiger partial charge in [-0.15, -0.1) is 0 Å². The van der Waals surface area contributed by atoms with Gasteiger partial charge in [-0.3, -0.25) is 0 Å². The number of anilines is 4. The topological polar surface area (TPSA) is 125 Å². The molecule has 218 valence electrons. The quantitative estimate of drug-likeness (QED) is 0.393. The molecule has 41 heavy (non-hydrogen) atoms. The van der Waals surface area contributed by atoms with E-state index in [9.17, 15) is 9.90 Å². The average Bonchev–Trinajstić information content (AvgIpc) is 2.94. The molecular formula is C30H39N7O4. The first kappa shape index (κ1) is 28.7. The molecule has 2 unspecified atom stereocenters. The Morgan fingerprint density at radius 1 is 0.854 bits per heavy atom. The van der Waals surface area contributed by atoms with Crippen LogP contribution in [0.5, 0.6) is 0 Å². The summed E-state index contributed by atoms with van der Waals surface area (Å²) in [6.45, 7) is 11.7.